The second-order valence-corrected chi connectivity index (χ2v) is 3.38. The molecule has 0 heterocycles. The fourth-order valence-corrected chi connectivity index (χ4v) is 1.12. The molecule has 0 saturated carbocycles. The number of allylic oxidation sites excluding steroid dienone is 1. The van der Waals surface area contributed by atoms with Gasteiger partial charge in [0.25, 0.3) is 0 Å². The Morgan fingerprint density at radius 3 is 2.42 bits per heavy atom. The van der Waals surface area contributed by atoms with Crippen LogP contribution < -0.4 is 5.32 Å². The first kappa shape index (κ1) is 11.2. The van der Waals surface area contributed by atoms with E-state index in [9.17, 15) is 0 Å². The molecule has 0 aliphatic rings. The smallest absolute Gasteiger partial charge is 0.0390 e. The van der Waals surface area contributed by atoms with Gasteiger partial charge in [-0.2, -0.15) is 0 Å². The molecule has 2 nitrogen and oxygen atoms in total. The number of rotatable bonds is 4. The van der Waals surface area contributed by atoms with Crippen LogP contribution in [0.3, 0.4) is 0 Å². The Kier molecular flexibility index (Phi) is 5.43. The van der Waals surface area contributed by atoms with Gasteiger partial charge in [0.15, 0.2) is 0 Å². The molecule has 0 aromatic carbocycles. The lowest BCUT2D eigenvalue weighted by atomic mass is 10.0. The van der Waals surface area contributed by atoms with Crippen LogP contribution in [0.5, 0.6) is 0 Å². The van der Waals surface area contributed by atoms with Crippen LogP contribution in [-0.4, -0.2) is 19.8 Å². The van der Waals surface area contributed by atoms with Crippen LogP contribution in [0.4, 0.5) is 0 Å². The minimum absolute atomic E-state index is 0.670. The molecule has 12 heavy (non-hydrogen) atoms. The van der Waals surface area contributed by atoms with Crippen molar-refractivity contribution in [2.75, 3.05) is 14.1 Å². The molecule has 0 rings (SSSR count). The Labute approximate surface area is 75.8 Å². The maximum absolute atomic E-state index is 4.26. The highest BCUT2D eigenvalue weighted by molar-refractivity contribution is 5.99. The summed E-state index contributed by atoms with van der Waals surface area (Å²) in [7, 11) is 3.76. The van der Waals surface area contributed by atoms with Crippen LogP contribution in [0.1, 0.15) is 27.2 Å². The van der Waals surface area contributed by atoms with Gasteiger partial charge in [0.1, 0.15) is 0 Å². The van der Waals surface area contributed by atoms with Gasteiger partial charge in [0.2, 0.25) is 0 Å². The molecule has 0 aromatic heterocycles. The lowest BCUT2D eigenvalue weighted by Crippen LogP contribution is -2.07. The Hall–Kier alpha value is -0.790. The molecular weight excluding hydrogens is 148 g/mol. The zero-order valence-corrected chi connectivity index (χ0v) is 8.81. The van der Waals surface area contributed by atoms with Crippen molar-refractivity contribution < 1.29 is 0 Å². The number of nitrogens with one attached hydrogen (secondary N) is 1. The molecule has 2 heteroatoms. The summed E-state index contributed by atoms with van der Waals surface area (Å²) in [6, 6.07) is 0. The van der Waals surface area contributed by atoms with Crippen LogP contribution in [0.15, 0.2) is 16.8 Å². The summed E-state index contributed by atoms with van der Waals surface area (Å²) >= 11 is 0. The summed E-state index contributed by atoms with van der Waals surface area (Å²) in [6.45, 7) is 6.50. The summed E-state index contributed by atoms with van der Waals surface area (Å²) in [5.74, 6) is 0.670. The third-order valence-electron chi connectivity index (χ3n) is 1.69. The molecule has 0 saturated heterocycles. The average Bonchev–Trinajstić information content (AvgIpc) is 2.00. The summed E-state index contributed by atoms with van der Waals surface area (Å²) < 4.78 is 0. The van der Waals surface area contributed by atoms with Crippen molar-refractivity contribution in [1.82, 2.24) is 5.32 Å². The molecule has 0 bridgehead atoms. The van der Waals surface area contributed by atoms with Gasteiger partial charge in [-0.05, 0) is 24.8 Å². The second kappa shape index (κ2) is 5.81. The normalized spacial score (nSPS) is 13.8. The summed E-state index contributed by atoms with van der Waals surface area (Å²) in [6.07, 6.45) is 3.05. The Morgan fingerprint density at radius 1 is 1.50 bits per heavy atom. The number of nitrogens with zero attached hydrogens (tertiary/aromatic N) is 1. The van der Waals surface area contributed by atoms with E-state index in [0.717, 1.165) is 6.42 Å². The first-order chi connectivity index (χ1) is 5.61. The highest BCUT2D eigenvalue weighted by Crippen LogP contribution is 2.07. The third kappa shape index (κ3) is 4.16. The molecule has 0 aliphatic carbocycles. The molecule has 0 amide bonds. The quantitative estimate of drug-likeness (QED) is 0.640. The Morgan fingerprint density at radius 2 is 2.08 bits per heavy atom. The number of aliphatic imine (C=N–C) groups is 1. The predicted octanol–water partition coefficient (Wildman–Crippen LogP) is 2.23. The predicted molar refractivity (Wildman–Crippen MR) is 55.6 cm³/mol. The zero-order chi connectivity index (χ0) is 9.56. The topological polar surface area (TPSA) is 24.4 Å². The molecule has 70 valence electrons. The maximum Gasteiger partial charge on any atom is 0.0390 e. The summed E-state index contributed by atoms with van der Waals surface area (Å²) in [4.78, 5) is 4.26. The van der Waals surface area contributed by atoms with E-state index in [1.54, 1.807) is 0 Å². The fourth-order valence-electron chi connectivity index (χ4n) is 1.12. The molecule has 0 spiro atoms. The SMILES string of the molecule is C/N=C(CC(C)C)/C(C)=C\NC. The summed E-state index contributed by atoms with van der Waals surface area (Å²) in [5.41, 5.74) is 2.42. The maximum atomic E-state index is 4.26. The molecule has 0 unspecified atom stereocenters. The van der Waals surface area contributed by atoms with Gasteiger partial charge in [-0.3, -0.25) is 4.99 Å². The van der Waals surface area contributed by atoms with E-state index in [-0.39, 0.29) is 0 Å². The minimum atomic E-state index is 0.670. The van der Waals surface area contributed by atoms with E-state index in [1.807, 2.05) is 20.3 Å². The van der Waals surface area contributed by atoms with Crippen LogP contribution in [-0.2, 0) is 0 Å². The average molecular weight is 168 g/mol. The zero-order valence-electron chi connectivity index (χ0n) is 8.81. The Bertz CT molecular complexity index is 178. The highest BCUT2D eigenvalue weighted by Gasteiger charge is 2.03. The molecular formula is C10H20N2. The van der Waals surface area contributed by atoms with E-state index in [2.05, 4.69) is 31.1 Å². The van der Waals surface area contributed by atoms with Gasteiger partial charge in [0, 0.05) is 26.0 Å². The summed E-state index contributed by atoms with van der Waals surface area (Å²) in [5, 5.41) is 3.01. The van der Waals surface area contributed by atoms with Crippen molar-refractivity contribution in [2.24, 2.45) is 10.9 Å². The molecule has 0 radical (unpaired) electrons. The highest BCUT2D eigenvalue weighted by atomic mass is 14.8. The van der Waals surface area contributed by atoms with Gasteiger partial charge in [-0.25, -0.2) is 0 Å². The standard InChI is InChI=1S/C10H20N2/c1-8(2)6-10(12-5)9(3)7-11-4/h7-8,11H,6H2,1-5H3/b9-7-,12-10+. The van der Waals surface area contributed by atoms with Gasteiger partial charge < -0.3 is 5.32 Å². The molecule has 0 aliphatic heterocycles. The Balaban J connectivity index is 4.27. The third-order valence-corrected chi connectivity index (χ3v) is 1.69. The molecule has 0 fully saturated rings. The van der Waals surface area contributed by atoms with E-state index in [0.29, 0.717) is 5.92 Å². The van der Waals surface area contributed by atoms with Crippen molar-refractivity contribution in [3.63, 3.8) is 0 Å². The van der Waals surface area contributed by atoms with E-state index >= 15 is 0 Å². The fraction of sp³-hybridized carbons (Fsp3) is 0.700. The van der Waals surface area contributed by atoms with Gasteiger partial charge in [-0.1, -0.05) is 13.8 Å². The van der Waals surface area contributed by atoms with Crippen molar-refractivity contribution in [1.29, 1.82) is 0 Å². The largest absolute Gasteiger partial charge is 0.394 e. The lowest BCUT2D eigenvalue weighted by Gasteiger charge is -2.08. The van der Waals surface area contributed by atoms with Crippen molar-refractivity contribution >= 4 is 5.71 Å². The van der Waals surface area contributed by atoms with Gasteiger partial charge in [-0.15, -0.1) is 0 Å². The van der Waals surface area contributed by atoms with Crippen LogP contribution in [0.2, 0.25) is 0 Å². The monoisotopic (exact) mass is 168 g/mol. The van der Waals surface area contributed by atoms with E-state index < -0.39 is 0 Å². The van der Waals surface area contributed by atoms with E-state index in [1.165, 1.54) is 11.3 Å². The minimum Gasteiger partial charge on any atom is -0.394 e. The first-order valence-electron chi connectivity index (χ1n) is 4.41. The van der Waals surface area contributed by atoms with E-state index in [4.69, 9.17) is 0 Å². The van der Waals surface area contributed by atoms with Crippen LogP contribution in [0.25, 0.3) is 0 Å². The number of hydrogen-bond donors (Lipinski definition) is 1. The van der Waals surface area contributed by atoms with Gasteiger partial charge in [0.05, 0.1) is 0 Å². The molecule has 0 atom stereocenters. The van der Waals surface area contributed by atoms with Gasteiger partial charge >= 0.3 is 0 Å². The van der Waals surface area contributed by atoms with Crippen LogP contribution >= 0.6 is 0 Å². The first-order valence-corrected chi connectivity index (χ1v) is 4.41. The lowest BCUT2D eigenvalue weighted by molar-refractivity contribution is 0.683. The van der Waals surface area contributed by atoms with Crippen molar-refractivity contribution in [3.05, 3.63) is 11.8 Å². The number of hydrogen-bond acceptors (Lipinski definition) is 2. The second-order valence-electron chi connectivity index (χ2n) is 3.38. The van der Waals surface area contributed by atoms with Crippen molar-refractivity contribution in [2.45, 2.75) is 27.2 Å². The van der Waals surface area contributed by atoms with Crippen LogP contribution in [0, 0.1) is 5.92 Å². The molecule has 1 N–H and O–H groups in total. The van der Waals surface area contributed by atoms with Crippen molar-refractivity contribution in [3.8, 4) is 0 Å². The molecule has 0 aromatic rings.